The van der Waals surface area contributed by atoms with Crippen molar-refractivity contribution in [2.24, 2.45) is 17.1 Å². The van der Waals surface area contributed by atoms with Gasteiger partial charge in [-0.3, -0.25) is 9.59 Å². The van der Waals surface area contributed by atoms with Crippen LogP contribution in [0.25, 0.3) is 0 Å². The van der Waals surface area contributed by atoms with Crippen molar-refractivity contribution in [2.45, 2.75) is 65.5 Å². The van der Waals surface area contributed by atoms with E-state index in [0.29, 0.717) is 24.6 Å². The number of carbonyl (C=O) groups is 2. The molecule has 2 rings (SSSR count). The van der Waals surface area contributed by atoms with Crippen LogP contribution in [0.2, 0.25) is 0 Å². The van der Waals surface area contributed by atoms with Crippen LogP contribution in [0.3, 0.4) is 0 Å². The van der Waals surface area contributed by atoms with Crippen LogP contribution in [0, 0.1) is 11.3 Å². The summed E-state index contributed by atoms with van der Waals surface area (Å²) in [5.74, 6) is 0.429. The topological polar surface area (TPSA) is 84.2 Å². The molecular weight excluding hydrogens is 362 g/mol. The predicted octanol–water partition coefficient (Wildman–Crippen LogP) is 3.41. The fourth-order valence-corrected chi connectivity index (χ4v) is 3.38. The van der Waals surface area contributed by atoms with E-state index in [9.17, 15) is 9.59 Å². The van der Waals surface area contributed by atoms with Gasteiger partial charge in [0.25, 0.3) is 5.91 Å². The average Bonchev–Trinajstić information content (AvgIpc) is 2.64. The smallest absolute Gasteiger partial charge is 0.251 e. The van der Waals surface area contributed by atoms with E-state index in [4.69, 9.17) is 5.73 Å². The Morgan fingerprint density at radius 3 is 2.22 bits per heavy atom. The lowest BCUT2D eigenvalue weighted by Crippen LogP contribution is -2.45. The summed E-state index contributed by atoms with van der Waals surface area (Å²) in [4.78, 5) is 24.5. The third-order valence-corrected chi connectivity index (χ3v) is 5.14. The number of rotatable bonds is 6. The number of hydrogen-bond donors (Lipinski definition) is 3. The first-order valence-electron chi connectivity index (χ1n) is 9.69. The van der Waals surface area contributed by atoms with E-state index in [2.05, 4.69) is 10.6 Å². The van der Waals surface area contributed by atoms with Crippen LogP contribution >= 0.6 is 12.4 Å². The summed E-state index contributed by atoms with van der Waals surface area (Å²) < 4.78 is 0. The number of amides is 2. The van der Waals surface area contributed by atoms with Crippen molar-refractivity contribution in [1.29, 1.82) is 0 Å². The quantitative estimate of drug-likeness (QED) is 0.690. The molecule has 152 valence electrons. The average molecular weight is 396 g/mol. The highest BCUT2D eigenvalue weighted by Crippen LogP contribution is 2.26. The largest absolute Gasteiger partial charge is 0.352 e. The van der Waals surface area contributed by atoms with Crippen molar-refractivity contribution < 1.29 is 9.59 Å². The Kier molecular flexibility index (Phi) is 9.27. The third kappa shape index (κ3) is 7.15. The minimum absolute atomic E-state index is 0. The Labute approximate surface area is 169 Å². The molecule has 0 bridgehead atoms. The van der Waals surface area contributed by atoms with Gasteiger partial charge in [0.15, 0.2) is 0 Å². The minimum atomic E-state index is -0.407. The first-order valence-corrected chi connectivity index (χ1v) is 9.69. The van der Waals surface area contributed by atoms with Gasteiger partial charge in [0.05, 0.1) is 0 Å². The first-order chi connectivity index (χ1) is 12.3. The summed E-state index contributed by atoms with van der Waals surface area (Å²) in [5, 5.41) is 6.02. The van der Waals surface area contributed by atoms with Crippen molar-refractivity contribution in [2.75, 3.05) is 6.54 Å². The van der Waals surface area contributed by atoms with Gasteiger partial charge in [-0.15, -0.1) is 12.4 Å². The molecule has 0 saturated heterocycles. The molecule has 0 radical (unpaired) electrons. The zero-order chi connectivity index (χ0) is 19.2. The van der Waals surface area contributed by atoms with E-state index in [1.165, 1.54) is 19.3 Å². The highest BCUT2D eigenvalue weighted by molar-refractivity contribution is 5.94. The molecule has 1 saturated carbocycles. The van der Waals surface area contributed by atoms with E-state index in [-0.39, 0.29) is 30.3 Å². The van der Waals surface area contributed by atoms with Crippen molar-refractivity contribution in [3.8, 4) is 0 Å². The summed E-state index contributed by atoms with van der Waals surface area (Å²) in [7, 11) is 0. The van der Waals surface area contributed by atoms with Crippen LogP contribution in [0.4, 0.5) is 0 Å². The Balaban J connectivity index is 0.00000364. The van der Waals surface area contributed by atoms with Gasteiger partial charge in [-0.2, -0.15) is 0 Å². The molecule has 4 N–H and O–H groups in total. The second kappa shape index (κ2) is 10.7. The zero-order valence-electron chi connectivity index (χ0n) is 16.7. The first kappa shape index (κ1) is 23.4. The number of carbonyl (C=O) groups excluding carboxylic acids is 2. The maximum atomic E-state index is 12.5. The molecule has 0 aliphatic heterocycles. The fraction of sp³-hybridized carbons (Fsp3) is 0.619. The van der Waals surface area contributed by atoms with Crippen LogP contribution in [-0.2, 0) is 11.3 Å². The number of benzene rings is 1. The molecule has 0 spiro atoms. The Hall–Kier alpha value is -1.59. The Morgan fingerprint density at radius 2 is 1.70 bits per heavy atom. The van der Waals surface area contributed by atoms with Gasteiger partial charge in [-0.05, 0) is 36.5 Å². The van der Waals surface area contributed by atoms with Crippen molar-refractivity contribution in [3.05, 3.63) is 35.4 Å². The minimum Gasteiger partial charge on any atom is -0.352 e. The summed E-state index contributed by atoms with van der Waals surface area (Å²) >= 11 is 0. The molecule has 1 aromatic carbocycles. The zero-order valence-corrected chi connectivity index (χ0v) is 17.5. The molecule has 0 heterocycles. The van der Waals surface area contributed by atoms with E-state index in [1.54, 1.807) is 0 Å². The molecular formula is C21H34ClN3O2. The maximum absolute atomic E-state index is 12.5. The van der Waals surface area contributed by atoms with Gasteiger partial charge >= 0.3 is 0 Å². The van der Waals surface area contributed by atoms with E-state index in [0.717, 1.165) is 18.4 Å². The lowest BCUT2D eigenvalue weighted by Gasteiger charge is -2.30. The summed E-state index contributed by atoms with van der Waals surface area (Å²) in [6.07, 6.45) is 6.04. The molecule has 1 fully saturated rings. The van der Waals surface area contributed by atoms with Crippen LogP contribution in [-0.4, -0.2) is 24.4 Å². The molecule has 1 aliphatic carbocycles. The predicted molar refractivity (Wildman–Crippen MR) is 112 cm³/mol. The van der Waals surface area contributed by atoms with Crippen molar-refractivity contribution in [1.82, 2.24) is 10.6 Å². The molecule has 1 aliphatic rings. The van der Waals surface area contributed by atoms with Gasteiger partial charge in [-0.1, -0.05) is 52.2 Å². The van der Waals surface area contributed by atoms with E-state index >= 15 is 0 Å². The third-order valence-electron chi connectivity index (χ3n) is 5.14. The standard InChI is InChI=1S/C21H33N3O2.ClH/c1-21(2,3)20(26)23-14-15-9-11-17(12-10-15)19(25)24-18(13-22)16-7-5-4-6-8-16;/h9-12,16,18H,4-8,13-14,22H2,1-3H3,(H,23,26)(H,24,25);1H. The molecule has 5 nitrogen and oxygen atoms in total. The fourth-order valence-electron chi connectivity index (χ4n) is 3.38. The van der Waals surface area contributed by atoms with Gasteiger partial charge in [0.1, 0.15) is 0 Å². The highest BCUT2D eigenvalue weighted by Gasteiger charge is 2.24. The van der Waals surface area contributed by atoms with Crippen molar-refractivity contribution >= 4 is 24.2 Å². The lowest BCUT2D eigenvalue weighted by atomic mass is 9.84. The molecule has 0 aromatic heterocycles. The van der Waals surface area contributed by atoms with Gasteiger partial charge in [0, 0.05) is 30.1 Å². The van der Waals surface area contributed by atoms with E-state index < -0.39 is 5.41 Å². The second-order valence-corrected chi connectivity index (χ2v) is 8.34. The van der Waals surface area contributed by atoms with Crippen LogP contribution in [0.1, 0.15) is 68.8 Å². The van der Waals surface area contributed by atoms with Crippen molar-refractivity contribution in [3.63, 3.8) is 0 Å². The summed E-state index contributed by atoms with van der Waals surface area (Å²) in [6.45, 7) is 6.60. The molecule has 1 aromatic rings. The van der Waals surface area contributed by atoms with E-state index in [1.807, 2.05) is 45.0 Å². The number of hydrogen-bond acceptors (Lipinski definition) is 3. The monoisotopic (exact) mass is 395 g/mol. The molecule has 1 atom stereocenters. The maximum Gasteiger partial charge on any atom is 0.251 e. The normalized spacial score (nSPS) is 16.1. The van der Waals surface area contributed by atoms with Crippen LogP contribution in [0.15, 0.2) is 24.3 Å². The summed E-state index contributed by atoms with van der Waals surface area (Å²) in [6, 6.07) is 7.44. The molecule has 27 heavy (non-hydrogen) atoms. The second-order valence-electron chi connectivity index (χ2n) is 8.34. The molecule has 1 unspecified atom stereocenters. The molecule has 2 amide bonds. The Morgan fingerprint density at radius 1 is 1.11 bits per heavy atom. The Bertz CT molecular complexity index is 605. The van der Waals surface area contributed by atoms with Gasteiger partial charge < -0.3 is 16.4 Å². The lowest BCUT2D eigenvalue weighted by molar-refractivity contribution is -0.128. The van der Waals surface area contributed by atoms with Crippen LogP contribution in [0.5, 0.6) is 0 Å². The molecule has 6 heteroatoms. The van der Waals surface area contributed by atoms with Gasteiger partial charge in [0.2, 0.25) is 5.91 Å². The highest BCUT2D eigenvalue weighted by atomic mass is 35.5. The number of nitrogens with one attached hydrogen (secondary N) is 2. The number of nitrogens with two attached hydrogens (primary N) is 1. The summed E-state index contributed by atoms with van der Waals surface area (Å²) in [5.41, 5.74) is 7.10. The van der Waals surface area contributed by atoms with Gasteiger partial charge in [-0.25, -0.2) is 0 Å². The van der Waals surface area contributed by atoms with Crippen LogP contribution < -0.4 is 16.4 Å². The SMILES string of the molecule is CC(C)(C)C(=O)NCc1ccc(C(=O)NC(CN)C2CCCCC2)cc1.Cl. The number of halogens is 1.